The van der Waals surface area contributed by atoms with Gasteiger partial charge in [-0.1, -0.05) is 43.1 Å². The molecule has 0 aromatic heterocycles. The van der Waals surface area contributed by atoms with Crippen LogP contribution in [0.15, 0.2) is 23.4 Å². The van der Waals surface area contributed by atoms with Crippen molar-refractivity contribution < 1.29 is 19.1 Å². The van der Waals surface area contributed by atoms with Gasteiger partial charge in [-0.3, -0.25) is 9.59 Å². The van der Waals surface area contributed by atoms with Crippen molar-refractivity contribution in [2.75, 3.05) is 26.9 Å². The van der Waals surface area contributed by atoms with Crippen LogP contribution in [0, 0.1) is 5.41 Å². The summed E-state index contributed by atoms with van der Waals surface area (Å²) in [7, 11) is -0.0467. The highest BCUT2D eigenvalue weighted by molar-refractivity contribution is 6.83. The fourth-order valence-electron chi connectivity index (χ4n) is 4.29. The van der Waals surface area contributed by atoms with Crippen LogP contribution in [0.4, 0.5) is 0 Å². The minimum atomic E-state index is -1.73. The number of methoxy groups -OCH3 is 1. The summed E-state index contributed by atoms with van der Waals surface area (Å²) in [5.41, 5.74) is -0.686. The van der Waals surface area contributed by atoms with E-state index in [1.165, 1.54) is 12.1 Å². The number of rotatable bonds is 7. The van der Waals surface area contributed by atoms with Crippen LogP contribution in [0.3, 0.4) is 0 Å². The number of hydrogen-bond donors (Lipinski definition) is 0. The Bertz CT molecular complexity index is 593. The van der Waals surface area contributed by atoms with E-state index >= 15 is 0 Å². The topological polar surface area (TPSA) is 55.8 Å². The third-order valence-corrected chi connectivity index (χ3v) is 7.60. The van der Waals surface area contributed by atoms with Gasteiger partial charge in [0.15, 0.2) is 0 Å². The molecule has 0 aromatic carbocycles. The number of carbonyl (C=O) groups excluding carboxylic acids is 2. The molecule has 2 aliphatic rings. The zero-order valence-electron chi connectivity index (χ0n) is 16.8. The van der Waals surface area contributed by atoms with E-state index in [1.807, 2.05) is 4.90 Å². The van der Waals surface area contributed by atoms with Crippen molar-refractivity contribution >= 4 is 20.0 Å². The predicted molar refractivity (Wildman–Crippen MR) is 105 cm³/mol. The second-order valence-corrected chi connectivity index (χ2v) is 13.4. The fraction of sp³-hybridized carbons (Fsp3) is 0.700. The molecule has 0 saturated carbocycles. The lowest BCUT2D eigenvalue weighted by Crippen LogP contribution is -2.52. The van der Waals surface area contributed by atoms with E-state index in [1.54, 1.807) is 7.11 Å². The maximum absolute atomic E-state index is 13.8. The number of hydrogen-bond acceptors (Lipinski definition) is 4. The summed E-state index contributed by atoms with van der Waals surface area (Å²) in [5.74, 6) is -0.154. The Morgan fingerprint density at radius 3 is 2.69 bits per heavy atom. The molecular weight excluding hydrogens is 346 g/mol. The molecule has 0 bridgehead atoms. The molecule has 26 heavy (non-hydrogen) atoms. The molecule has 2 atom stereocenters. The van der Waals surface area contributed by atoms with Gasteiger partial charge in [0.2, 0.25) is 5.91 Å². The van der Waals surface area contributed by atoms with Gasteiger partial charge in [-0.05, 0) is 19.3 Å². The Morgan fingerprint density at radius 1 is 1.35 bits per heavy atom. The highest BCUT2D eigenvalue weighted by atomic mass is 28.3. The van der Waals surface area contributed by atoms with E-state index in [0.29, 0.717) is 13.0 Å². The van der Waals surface area contributed by atoms with Crippen LogP contribution in [0.1, 0.15) is 32.6 Å². The number of likely N-dealkylation sites (tertiary alicyclic amines) is 1. The Balaban J connectivity index is 2.38. The highest BCUT2D eigenvalue weighted by Gasteiger charge is 2.48. The smallest absolute Gasteiger partial charge is 0.302 e. The van der Waals surface area contributed by atoms with Gasteiger partial charge in [-0.25, -0.2) is 0 Å². The molecule has 2 rings (SSSR count). The average Bonchev–Trinajstić information content (AvgIpc) is 3.01. The first-order valence-corrected chi connectivity index (χ1v) is 13.0. The van der Waals surface area contributed by atoms with Crippen LogP contribution in [-0.2, 0) is 19.1 Å². The van der Waals surface area contributed by atoms with Crippen LogP contribution < -0.4 is 0 Å². The largest absolute Gasteiger partial charge is 0.466 e. The lowest BCUT2D eigenvalue weighted by Gasteiger charge is -2.43. The molecule has 1 heterocycles. The van der Waals surface area contributed by atoms with Crippen molar-refractivity contribution in [2.45, 2.75) is 58.3 Å². The van der Waals surface area contributed by atoms with E-state index < -0.39 is 13.5 Å². The summed E-state index contributed by atoms with van der Waals surface area (Å²) >= 11 is 0. The normalized spacial score (nSPS) is 26.0. The van der Waals surface area contributed by atoms with Gasteiger partial charge < -0.3 is 14.4 Å². The van der Waals surface area contributed by atoms with Gasteiger partial charge in [0, 0.05) is 27.0 Å². The maximum Gasteiger partial charge on any atom is 0.302 e. The third-order valence-electron chi connectivity index (χ3n) is 5.33. The minimum Gasteiger partial charge on any atom is -0.466 e. The van der Waals surface area contributed by atoms with Crippen molar-refractivity contribution in [3.63, 3.8) is 0 Å². The monoisotopic (exact) mass is 379 g/mol. The average molecular weight is 380 g/mol. The first kappa shape index (κ1) is 20.9. The molecule has 1 aliphatic heterocycles. The van der Waals surface area contributed by atoms with Gasteiger partial charge in [0.05, 0.1) is 32.7 Å². The Morgan fingerprint density at radius 2 is 2.08 bits per heavy atom. The van der Waals surface area contributed by atoms with Gasteiger partial charge in [0.25, 0.3) is 0 Å². The van der Waals surface area contributed by atoms with E-state index in [4.69, 9.17) is 9.47 Å². The summed E-state index contributed by atoms with van der Waals surface area (Å²) < 4.78 is 10.6. The standard InChI is InChI=1S/C20H33NO4Si/c1-16(22)25-14-12-20(11-7-6-10-18(20)26(3,4)5)19(23)21-13-8-9-17(21)15-24-2/h7,10-11,17H,6,8-9,12-15H2,1-5H3/t17-,20+/m0/s1. The molecule has 0 unspecified atom stereocenters. The van der Waals surface area contributed by atoms with Gasteiger partial charge in [-0.2, -0.15) is 0 Å². The molecule has 1 saturated heterocycles. The number of ether oxygens (including phenoxy) is 2. The van der Waals surface area contributed by atoms with Crippen LogP contribution in [0.5, 0.6) is 0 Å². The molecule has 0 radical (unpaired) electrons. The fourth-order valence-corrected chi connectivity index (χ4v) is 6.68. The van der Waals surface area contributed by atoms with Crippen molar-refractivity contribution in [1.82, 2.24) is 4.90 Å². The van der Waals surface area contributed by atoms with E-state index in [9.17, 15) is 9.59 Å². The van der Waals surface area contributed by atoms with Crippen LogP contribution in [0.2, 0.25) is 19.6 Å². The molecule has 1 aliphatic carbocycles. The number of amides is 1. The molecule has 146 valence electrons. The zero-order valence-corrected chi connectivity index (χ0v) is 17.8. The quantitative estimate of drug-likeness (QED) is 0.387. The summed E-state index contributed by atoms with van der Waals surface area (Å²) in [4.78, 5) is 27.1. The van der Waals surface area contributed by atoms with Gasteiger partial charge >= 0.3 is 5.97 Å². The lowest BCUT2D eigenvalue weighted by atomic mass is 9.79. The second kappa shape index (κ2) is 8.52. The highest BCUT2D eigenvalue weighted by Crippen LogP contribution is 2.44. The molecule has 5 nitrogen and oxygen atoms in total. The Labute approximate surface area is 158 Å². The molecular formula is C20H33NO4Si. The number of esters is 1. The summed E-state index contributed by atoms with van der Waals surface area (Å²) in [6.07, 6.45) is 9.76. The molecule has 0 N–H and O–H groups in total. The van der Waals surface area contributed by atoms with Crippen molar-refractivity contribution in [1.29, 1.82) is 0 Å². The van der Waals surface area contributed by atoms with Crippen LogP contribution >= 0.6 is 0 Å². The molecule has 6 heteroatoms. The molecule has 0 spiro atoms. The second-order valence-electron chi connectivity index (χ2n) is 8.32. The number of nitrogens with zero attached hydrogens (tertiary/aromatic N) is 1. The van der Waals surface area contributed by atoms with Gasteiger partial charge in [0.1, 0.15) is 0 Å². The SMILES string of the molecule is COC[C@@H]1CCCN1C(=O)[C@@]1(CCOC(C)=O)C=CCC=C1[Si](C)(C)C. The van der Waals surface area contributed by atoms with Crippen molar-refractivity contribution in [3.05, 3.63) is 23.4 Å². The van der Waals surface area contributed by atoms with Gasteiger partial charge in [-0.15, -0.1) is 0 Å². The van der Waals surface area contributed by atoms with E-state index in [0.717, 1.165) is 25.8 Å². The summed E-state index contributed by atoms with van der Waals surface area (Å²) in [6, 6.07) is 0.135. The minimum absolute atomic E-state index is 0.135. The predicted octanol–water partition coefficient (Wildman–Crippen LogP) is 3.33. The van der Waals surface area contributed by atoms with Crippen LogP contribution in [0.25, 0.3) is 0 Å². The van der Waals surface area contributed by atoms with Crippen molar-refractivity contribution in [2.24, 2.45) is 5.41 Å². The number of carbonyl (C=O) groups is 2. The maximum atomic E-state index is 13.8. The number of allylic oxidation sites excluding steroid dienone is 2. The molecule has 0 aromatic rings. The summed E-state index contributed by atoms with van der Waals surface area (Å²) in [5, 5.41) is 1.26. The Kier molecular flexibility index (Phi) is 6.85. The molecule has 1 amide bonds. The first-order chi connectivity index (χ1) is 12.2. The summed E-state index contributed by atoms with van der Waals surface area (Å²) in [6.45, 7) is 9.86. The Hall–Kier alpha value is -1.40. The third kappa shape index (κ3) is 4.46. The van der Waals surface area contributed by atoms with E-state index in [-0.39, 0.29) is 24.5 Å². The van der Waals surface area contributed by atoms with Crippen molar-refractivity contribution in [3.8, 4) is 0 Å². The van der Waals surface area contributed by atoms with Crippen LogP contribution in [-0.4, -0.2) is 57.8 Å². The lowest BCUT2D eigenvalue weighted by molar-refractivity contribution is -0.145. The van der Waals surface area contributed by atoms with E-state index in [2.05, 4.69) is 37.9 Å². The first-order valence-electron chi connectivity index (χ1n) is 9.54. The molecule has 1 fully saturated rings. The zero-order chi connectivity index (χ0) is 19.4.